The molecule has 2 nitrogen and oxygen atoms in total. The summed E-state index contributed by atoms with van der Waals surface area (Å²) in [4.78, 5) is 11.3. The highest BCUT2D eigenvalue weighted by Crippen LogP contribution is 2.09. The number of rotatable bonds is 11. The molecule has 0 amide bonds. The van der Waals surface area contributed by atoms with Gasteiger partial charge in [-0.3, -0.25) is 4.79 Å². The van der Waals surface area contributed by atoms with Crippen LogP contribution in [0.15, 0.2) is 0 Å². The summed E-state index contributed by atoms with van der Waals surface area (Å²) >= 11 is 5.76. The van der Waals surface area contributed by atoms with Gasteiger partial charge in [0.05, 0.1) is 6.61 Å². The molecular formula is C14H27ClO2. The molecule has 102 valence electrons. The summed E-state index contributed by atoms with van der Waals surface area (Å²) < 4.78 is 5.07. The average molecular weight is 263 g/mol. The molecular weight excluding hydrogens is 236 g/mol. The van der Waals surface area contributed by atoms with Crippen LogP contribution >= 0.6 is 11.6 Å². The van der Waals surface area contributed by atoms with E-state index in [1.807, 2.05) is 6.92 Å². The van der Waals surface area contributed by atoms with Crippen molar-refractivity contribution in [2.24, 2.45) is 0 Å². The van der Waals surface area contributed by atoms with E-state index in [1.165, 1.54) is 32.1 Å². The molecule has 0 aliphatic heterocycles. The molecule has 0 aromatic rings. The number of esters is 1. The average Bonchev–Trinajstić information content (AvgIpc) is 2.27. The van der Waals surface area contributed by atoms with E-state index >= 15 is 0 Å². The summed E-state index contributed by atoms with van der Waals surface area (Å²) in [6, 6.07) is 0. The SMILES string of the molecule is CCCCCCCCCC(=O)OCCC(C)Cl. The summed E-state index contributed by atoms with van der Waals surface area (Å²) in [7, 11) is 0. The molecule has 0 saturated heterocycles. The predicted molar refractivity (Wildman–Crippen MR) is 73.5 cm³/mol. The molecule has 0 spiro atoms. The Morgan fingerprint density at radius 2 is 1.71 bits per heavy atom. The van der Waals surface area contributed by atoms with E-state index in [4.69, 9.17) is 16.3 Å². The molecule has 17 heavy (non-hydrogen) atoms. The molecule has 0 heterocycles. The van der Waals surface area contributed by atoms with Crippen molar-refractivity contribution in [3.63, 3.8) is 0 Å². The number of carbonyl (C=O) groups excluding carboxylic acids is 1. The van der Waals surface area contributed by atoms with Crippen LogP contribution in [-0.4, -0.2) is 18.0 Å². The fourth-order valence-corrected chi connectivity index (χ4v) is 1.72. The summed E-state index contributed by atoms with van der Waals surface area (Å²) in [5.41, 5.74) is 0. The predicted octanol–water partition coefficient (Wildman–Crippen LogP) is 4.69. The topological polar surface area (TPSA) is 26.3 Å². The first-order chi connectivity index (χ1) is 8.16. The zero-order valence-corrected chi connectivity index (χ0v) is 12.1. The number of ether oxygens (including phenoxy) is 1. The maximum Gasteiger partial charge on any atom is 0.305 e. The Balaban J connectivity index is 3.16. The first kappa shape index (κ1) is 16.8. The Labute approximate surface area is 111 Å². The summed E-state index contributed by atoms with van der Waals surface area (Å²) in [5.74, 6) is -0.0733. The van der Waals surface area contributed by atoms with E-state index in [1.54, 1.807) is 0 Å². The Kier molecular flexibility index (Phi) is 12.1. The Morgan fingerprint density at radius 3 is 2.29 bits per heavy atom. The lowest BCUT2D eigenvalue weighted by Crippen LogP contribution is -2.08. The lowest BCUT2D eigenvalue weighted by Gasteiger charge is -2.05. The summed E-state index contributed by atoms with van der Waals surface area (Å²) in [6.07, 6.45) is 9.89. The van der Waals surface area contributed by atoms with Gasteiger partial charge in [-0.25, -0.2) is 0 Å². The second-order valence-electron chi connectivity index (χ2n) is 4.66. The van der Waals surface area contributed by atoms with Gasteiger partial charge in [-0.1, -0.05) is 45.4 Å². The molecule has 0 fully saturated rings. The zero-order chi connectivity index (χ0) is 12.9. The fourth-order valence-electron chi connectivity index (χ4n) is 1.63. The third-order valence-corrected chi connectivity index (χ3v) is 2.98. The van der Waals surface area contributed by atoms with E-state index in [0.29, 0.717) is 13.0 Å². The van der Waals surface area contributed by atoms with Crippen molar-refractivity contribution in [1.82, 2.24) is 0 Å². The van der Waals surface area contributed by atoms with Gasteiger partial charge in [0.15, 0.2) is 0 Å². The maximum atomic E-state index is 11.3. The number of unbranched alkanes of at least 4 members (excludes halogenated alkanes) is 6. The van der Waals surface area contributed by atoms with Crippen LogP contribution in [0, 0.1) is 0 Å². The molecule has 0 saturated carbocycles. The third-order valence-electron chi connectivity index (χ3n) is 2.76. The quantitative estimate of drug-likeness (QED) is 0.307. The second-order valence-corrected chi connectivity index (χ2v) is 5.41. The number of hydrogen-bond donors (Lipinski definition) is 0. The molecule has 0 aromatic carbocycles. The maximum absolute atomic E-state index is 11.3. The number of alkyl halides is 1. The van der Waals surface area contributed by atoms with Gasteiger partial charge in [0, 0.05) is 11.8 Å². The molecule has 0 radical (unpaired) electrons. The smallest absolute Gasteiger partial charge is 0.305 e. The molecule has 3 heteroatoms. The molecule has 0 bridgehead atoms. The number of hydrogen-bond acceptors (Lipinski definition) is 2. The van der Waals surface area contributed by atoms with Gasteiger partial charge in [-0.2, -0.15) is 0 Å². The van der Waals surface area contributed by atoms with Crippen LogP contribution in [0.3, 0.4) is 0 Å². The molecule has 0 rings (SSSR count). The molecule has 1 unspecified atom stereocenters. The van der Waals surface area contributed by atoms with Crippen LogP contribution in [0.2, 0.25) is 0 Å². The van der Waals surface area contributed by atoms with Crippen molar-refractivity contribution in [1.29, 1.82) is 0 Å². The van der Waals surface area contributed by atoms with Crippen LogP contribution in [0.25, 0.3) is 0 Å². The normalized spacial score (nSPS) is 12.4. The Morgan fingerprint density at radius 1 is 1.12 bits per heavy atom. The van der Waals surface area contributed by atoms with E-state index in [0.717, 1.165) is 19.3 Å². The van der Waals surface area contributed by atoms with Gasteiger partial charge >= 0.3 is 5.97 Å². The second kappa shape index (κ2) is 12.2. The van der Waals surface area contributed by atoms with Gasteiger partial charge in [-0.05, 0) is 19.8 Å². The van der Waals surface area contributed by atoms with Crippen molar-refractivity contribution in [3.05, 3.63) is 0 Å². The minimum atomic E-state index is -0.0733. The third kappa shape index (κ3) is 13.7. The lowest BCUT2D eigenvalue weighted by atomic mass is 10.1. The van der Waals surface area contributed by atoms with Crippen LogP contribution in [0.5, 0.6) is 0 Å². The summed E-state index contributed by atoms with van der Waals surface area (Å²) in [5, 5.41) is 0.0846. The first-order valence-electron chi connectivity index (χ1n) is 6.96. The highest BCUT2D eigenvalue weighted by atomic mass is 35.5. The van der Waals surface area contributed by atoms with E-state index < -0.39 is 0 Å². The fraction of sp³-hybridized carbons (Fsp3) is 0.929. The molecule has 1 atom stereocenters. The minimum Gasteiger partial charge on any atom is -0.466 e. The largest absolute Gasteiger partial charge is 0.466 e. The zero-order valence-electron chi connectivity index (χ0n) is 11.3. The molecule has 0 N–H and O–H groups in total. The number of carbonyl (C=O) groups is 1. The van der Waals surface area contributed by atoms with Crippen molar-refractivity contribution in [3.8, 4) is 0 Å². The summed E-state index contributed by atoms with van der Waals surface area (Å²) in [6.45, 7) is 4.59. The standard InChI is InChI=1S/C14H27ClO2/c1-3-4-5-6-7-8-9-10-14(16)17-12-11-13(2)15/h13H,3-12H2,1-2H3. The van der Waals surface area contributed by atoms with Gasteiger partial charge in [0.1, 0.15) is 0 Å². The highest BCUT2D eigenvalue weighted by Gasteiger charge is 2.03. The van der Waals surface area contributed by atoms with Gasteiger partial charge < -0.3 is 4.74 Å². The van der Waals surface area contributed by atoms with E-state index in [9.17, 15) is 4.79 Å². The van der Waals surface area contributed by atoms with E-state index in [2.05, 4.69) is 6.92 Å². The van der Waals surface area contributed by atoms with Crippen molar-refractivity contribution >= 4 is 17.6 Å². The highest BCUT2D eigenvalue weighted by molar-refractivity contribution is 6.20. The van der Waals surface area contributed by atoms with Crippen LogP contribution in [-0.2, 0) is 9.53 Å². The number of halogens is 1. The lowest BCUT2D eigenvalue weighted by molar-refractivity contribution is -0.143. The van der Waals surface area contributed by atoms with E-state index in [-0.39, 0.29) is 11.3 Å². The van der Waals surface area contributed by atoms with Crippen LogP contribution in [0.4, 0.5) is 0 Å². The van der Waals surface area contributed by atoms with Crippen molar-refractivity contribution in [2.75, 3.05) is 6.61 Å². The van der Waals surface area contributed by atoms with Crippen molar-refractivity contribution in [2.45, 2.75) is 77.0 Å². The first-order valence-corrected chi connectivity index (χ1v) is 7.40. The Bertz CT molecular complexity index is 181. The molecule has 0 aromatic heterocycles. The monoisotopic (exact) mass is 262 g/mol. The van der Waals surface area contributed by atoms with Crippen LogP contribution in [0.1, 0.15) is 71.6 Å². The van der Waals surface area contributed by atoms with Gasteiger partial charge in [0.25, 0.3) is 0 Å². The Hall–Kier alpha value is -0.240. The van der Waals surface area contributed by atoms with Crippen LogP contribution < -0.4 is 0 Å². The van der Waals surface area contributed by atoms with Crippen molar-refractivity contribution < 1.29 is 9.53 Å². The van der Waals surface area contributed by atoms with Gasteiger partial charge in [-0.15, -0.1) is 11.6 Å². The van der Waals surface area contributed by atoms with Gasteiger partial charge in [0.2, 0.25) is 0 Å². The minimum absolute atomic E-state index is 0.0733. The molecule has 0 aliphatic rings. The molecule has 0 aliphatic carbocycles.